The van der Waals surface area contributed by atoms with Gasteiger partial charge in [0.2, 0.25) is 11.7 Å². The van der Waals surface area contributed by atoms with Crippen molar-refractivity contribution in [2.24, 2.45) is 0 Å². The van der Waals surface area contributed by atoms with E-state index < -0.39 is 0 Å². The second kappa shape index (κ2) is 5.60. The molecule has 6 heteroatoms. The quantitative estimate of drug-likeness (QED) is 0.866. The van der Waals surface area contributed by atoms with Crippen molar-refractivity contribution < 1.29 is 9.63 Å². The van der Waals surface area contributed by atoms with Crippen molar-refractivity contribution in [3.63, 3.8) is 0 Å². The number of rotatable bonds is 3. The minimum Gasteiger partial charge on any atom is -0.508 e. The van der Waals surface area contributed by atoms with Crippen molar-refractivity contribution >= 4 is 0 Å². The lowest BCUT2D eigenvalue weighted by molar-refractivity contribution is 0.227. The van der Waals surface area contributed by atoms with Crippen LogP contribution in [0.5, 0.6) is 5.75 Å². The van der Waals surface area contributed by atoms with Crippen LogP contribution in [0.2, 0.25) is 0 Å². The Balaban J connectivity index is 1.69. The Morgan fingerprint density at radius 2 is 2.20 bits per heavy atom. The minimum absolute atomic E-state index is 0.229. The molecule has 1 atom stereocenters. The van der Waals surface area contributed by atoms with E-state index in [0.717, 1.165) is 31.6 Å². The van der Waals surface area contributed by atoms with Gasteiger partial charge in [0.1, 0.15) is 5.75 Å². The van der Waals surface area contributed by atoms with Gasteiger partial charge in [0, 0.05) is 37.7 Å². The maximum atomic E-state index is 9.27. The Morgan fingerprint density at radius 3 is 2.95 bits per heavy atom. The molecular formula is C14H18N4O2. The van der Waals surface area contributed by atoms with E-state index in [1.165, 1.54) is 0 Å². The zero-order valence-electron chi connectivity index (χ0n) is 11.4. The zero-order valence-corrected chi connectivity index (χ0v) is 11.4. The molecule has 20 heavy (non-hydrogen) atoms. The molecule has 0 saturated carbocycles. The molecule has 6 nitrogen and oxygen atoms in total. The van der Waals surface area contributed by atoms with E-state index in [-0.39, 0.29) is 5.75 Å². The number of hydrogen-bond donors (Lipinski definition) is 2. The van der Waals surface area contributed by atoms with Crippen molar-refractivity contribution in [1.82, 2.24) is 20.4 Å². The van der Waals surface area contributed by atoms with Crippen LogP contribution in [-0.2, 0) is 6.42 Å². The summed E-state index contributed by atoms with van der Waals surface area (Å²) in [5, 5.41) is 16.7. The number of nitrogens with one attached hydrogen (secondary N) is 1. The minimum atomic E-state index is 0.229. The van der Waals surface area contributed by atoms with Gasteiger partial charge in [0.05, 0.1) is 0 Å². The fraction of sp³-hybridized carbons (Fsp3) is 0.429. The van der Waals surface area contributed by atoms with Crippen LogP contribution >= 0.6 is 0 Å². The van der Waals surface area contributed by atoms with Crippen molar-refractivity contribution in [3.05, 3.63) is 30.2 Å². The van der Waals surface area contributed by atoms with E-state index in [1.54, 1.807) is 24.3 Å². The molecule has 2 heterocycles. The van der Waals surface area contributed by atoms with E-state index in [1.807, 2.05) is 0 Å². The van der Waals surface area contributed by atoms with Gasteiger partial charge in [-0.15, -0.1) is 0 Å². The van der Waals surface area contributed by atoms with Crippen LogP contribution in [0.4, 0.5) is 0 Å². The zero-order chi connectivity index (χ0) is 13.9. The predicted octanol–water partition coefficient (Wildman–Crippen LogP) is 0.888. The standard InChI is InChI=1S/C14H18N4O2/c1-18-7-6-15-11(9-18)8-13-16-14(17-20-13)10-2-4-12(19)5-3-10/h2-5,11,15,19H,6-9H2,1H3. The van der Waals surface area contributed by atoms with Crippen molar-refractivity contribution in [3.8, 4) is 17.1 Å². The lowest BCUT2D eigenvalue weighted by Crippen LogP contribution is -2.49. The lowest BCUT2D eigenvalue weighted by atomic mass is 10.1. The van der Waals surface area contributed by atoms with Gasteiger partial charge in [-0.3, -0.25) is 0 Å². The van der Waals surface area contributed by atoms with Gasteiger partial charge in [-0.05, 0) is 31.3 Å². The summed E-state index contributed by atoms with van der Waals surface area (Å²) in [4.78, 5) is 6.70. The molecule has 0 bridgehead atoms. The molecule has 1 saturated heterocycles. The summed E-state index contributed by atoms with van der Waals surface area (Å²) < 4.78 is 5.31. The van der Waals surface area contributed by atoms with E-state index in [2.05, 4.69) is 27.4 Å². The number of aromatic nitrogens is 2. The largest absolute Gasteiger partial charge is 0.508 e. The number of aromatic hydroxyl groups is 1. The molecule has 1 unspecified atom stereocenters. The van der Waals surface area contributed by atoms with Gasteiger partial charge >= 0.3 is 0 Å². The average Bonchev–Trinajstić information content (AvgIpc) is 2.88. The summed E-state index contributed by atoms with van der Waals surface area (Å²) in [6.07, 6.45) is 0.732. The van der Waals surface area contributed by atoms with Gasteiger partial charge in [0.15, 0.2) is 0 Å². The molecule has 106 valence electrons. The monoisotopic (exact) mass is 274 g/mol. The smallest absolute Gasteiger partial charge is 0.228 e. The maximum Gasteiger partial charge on any atom is 0.228 e. The van der Waals surface area contributed by atoms with Crippen molar-refractivity contribution in [2.45, 2.75) is 12.5 Å². The third-order valence-corrected chi connectivity index (χ3v) is 3.47. The molecule has 3 rings (SSSR count). The first-order chi connectivity index (χ1) is 9.70. The predicted molar refractivity (Wildman–Crippen MR) is 74.4 cm³/mol. The number of likely N-dealkylation sites (N-methyl/N-ethyl adjacent to an activating group) is 1. The second-order valence-electron chi connectivity index (χ2n) is 5.18. The summed E-state index contributed by atoms with van der Waals surface area (Å²) in [5.41, 5.74) is 0.839. The van der Waals surface area contributed by atoms with E-state index in [4.69, 9.17) is 4.52 Å². The fourth-order valence-electron chi connectivity index (χ4n) is 2.40. The summed E-state index contributed by atoms with van der Waals surface area (Å²) in [5.74, 6) is 1.43. The van der Waals surface area contributed by atoms with Gasteiger partial charge in [-0.2, -0.15) is 4.98 Å². The second-order valence-corrected chi connectivity index (χ2v) is 5.18. The Labute approximate surface area is 117 Å². The molecule has 1 aromatic heterocycles. The third-order valence-electron chi connectivity index (χ3n) is 3.47. The molecule has 1 aromatic carbocycles. The first kappa shape index (κ1) is 13.1. The fourth-order valence-corrected chi connectivity index (χ4v) is 2.40. The lowest BCUT2D eigenvalue weighted by Gasteiger charge is -2.29. The highest BCUT2D eigenvalue weighted by molar-refractivity contribution is 5.55. The number of piperazine rings is 1. The molecule has 0 spiro atoms. The van der Waals surface area contributed by atoms with Crippen LogP contribution < -0.4 is 5.32 Å². The van der Waals surface area contributed by atoms with Crippen LogP contribution in [0.3, 0.4) is 0 Å². The van der Waals surface area contributed by atoms with Gasteiger partial charge < -0.3 is 19.8 Å². The third kappa shape index (κ3) is 2.97. The maximum absolute atomic E-state index is 9.27. The van der Waals surface area contributed by atoms with Crippen LogP contribution in [0.25, 0.3) is 11.4 Å². The summed E-state index contributed by atoms with van der Waals surface area (Å²) in [6.45, 7) is 3.04. The molecule has 1 aliphatic heterocycles. The van der Waals surface area contributed by atoms with Crippen molar-refractivity contribution in [1.29, 1.82) is 0 Å². The topological polar surface area (TPSA) is 74.4 Å². The summed E-state index contributed by atoms with van der Waals surface area (Å²) in [6, 6.07) is 7.13. The highest BCUT2D eigenvalue weighted by atomic mass is 16.5. The molecule has 0 aliphatic carbocycles. The average molecular weight is 274 g/mol. The van der Waals surface area contributed by atoms with Gasteiger partial charge in [-0.1, -0.05) is 5.16 Å². The molecular weight excluding hydrogens is 256 g/mol. The molecule has 2 N–H and O–H groups in total. The van der Waals surface area contributed by atoms with E-state index in [0.29, 0.717) is 17.8 Å². The molecule has 0 amide bonds. The van der Waals surface area contributed by atoms with Crippen LogP contribution in [0.15, 0.2) is 28.8 Å². The first-order valence-corrected chi connectivity index (χ1v) is 6.74. The Kier molecular flexibility index (Phi) is 3.66. The number of hydrogen-bond acceptors (Lipinski definition) is 6. The molecule has 2 aromatic rings. The Hall–Kier alpha value is -1.92. The molecule has 1 fully saturated rings. The number of phenols is 1. The SMILES string of the molecule is CN1CCNC(Cc2nc(-c3ccc(O)cc3)no2)C1. The normalized spacial score (nSPS) is 20.1. The highest BCUT2D eigenvalue weighted by Gasteiger charge is 2.19. The first-order valence-electron chi connectivity index (χ1n) is 6.74. The Morgan fingerprint density at radius 1 is 1.40 bits per heavy atom. The number of benzene rings is 1. The highest BCUT2D eigenvalue weighted by Crippen LogP contribution is 2.19. The van der Waals surface area contributed by atoms with E-state index >= 15 is 0 Å². The molecule has 0 radical (unpaired) electrons. The van der Waals surface area contributed by atoms with Crippen LogP contribution in [0, 0.1) is 0 Å². The van der Waals surface area contributed by atoms with Crippen molar-refractivity contribution in [2.75, 3.05) is 26.7 Å². The van der Waals surface area contributed by atoms with E-state index in [9.17, 15) is 5.11 Å². The Bertz CT molecular complexity index is 567. The molecule has 1 aliphatic rings. The summed E-state index contributed by atoms with van der Waals surface area (Å²) >= 11 is 0. The number of phenolic OH excluding ortho intramolecular Hbond substituents is 1. The number of nitrogens with zero attached hydrogens (tertiary/aromatic N) is 3. The summed E-state index contributed by atoms with van der Waals surface area (Å²) in [7, 11) is 2.11. The van der Waals surface area contributed by atoms with Gasteiger partial charge in [0.25, 0.3) is 0 Å². The van der Waals surface area contributed by atoms with Crippen LogP contribution in [0.1, 0.15) is 5.89 Å². The van der Waals surface area contributed by atoms with Gasteiger partial charge in [-0.25, -0.2) is 0 Å². The van der Waals surface area contributed by atoms with Crippen LogP contribution in [-0.4, -0.2) is 52.9 Å².